The Labute approximate surface area is 149 Å². The molecule has 1 aromatic heterocycles. The second kappa shape index (κ2) is 6.49. The number of ether oxygens (including phenoxy) is 1. The van der Waals surface area contributed by atoms with E-state index >= 15 is 0 Å². The van der Waals surface area contributed by atoms with Crippen LogP contribution in [0.25, 0.3) is 10.9 Å². The molecule has 2 atom stereocenters. The lowest BCUT2D eigenvalue weighted by atomic mass is 9.65. The summed E-state index contributed by atoms with van der Waals surface area (Å²) in [5, 5.41) is 1.38. The lowest BCUT2D eigenvalue weighted by molar-refractivity contribution is -0.142. The zero-order valence-corrected chi connectivity index (χ0v) is 15.3. The van der Waals surface area contributed by atoms with Crippen molar-refractivity contribution in [3.63, 3.8) is 0 Å². The topological polar surface area (TPSA) is 45.3 Å². The van der Waals surface area contributed by atoms with Gasteiger partial charge in [0.15, 0.2) is 0 Å². The third-order valence-electron chi connectivity index (χ3n) is 6.59. The number of rotatable bonds is 4. The summed E-state index contributed by atoms with van der Waals surface area (Å²) in [6.07, 6.45) is 6.06. The van der Waals surface area contributed by atoms with Crippen LogP contribution in [-0.4, -0.2) is 36.1 Å². The monoisotopic (exact) mass is 340 g/mol. The maximum absolute atomic E-state index is 11.8. The van der Waals surface area contributed by atoms with E-state index in [1.165, 1.54) is 48.7 Å². The van der Waals surface area contributed by atoms with Gasteiger partial charge >= 0.3 is 5.97 Å². The van der Waals surface area contributed by atoms with Crippen LogP contribution in [0.4, 0.5) is 0 Å². The maximum Gasteiger partial charge on any atom is 0.305 e. The van der Waals surface area contributed by atoms with Gasteiger partial charge in [0.2, 0.25) is 0 Å². The molecule has 0 amide bonds. The molecule has 1 fully saturated rings. The molecule has 0 bridgehead atoms. The number of aromatic nitrogens is 1. The number of fused-ring (bicyclic) bond motifs is 5. The molecule has 1 aromatic carbocycles. The molecular formula is C21H28N2O2. The molecule has 0 spiro atoms. The van der Waals surface area contributed by atoms with E-state index in [0.29, 0.717) is 12.5 Å². The largest absolute Gasteiger partial charge is 0.469 e. The minimum atomic E-state index is -0.0855. The molecule has 4 heteroatoms. The van der Waals surface area contributed by atoms with Crippen LogP contribution < -0.4 is 0 Å². The zero-order chi connectivity index (χ0) is 17.4. The number of carbonyl (C=O) groups is 1. The highest BCUT2D eigenvalue weighted by molar-refractivity contribution is 5.85. The van der Waals surface area contributed by atoms with Gasteiger partial charge in [-0.3, -0.25) is 9.69 Å². The molecule has 2 aliphatic heterocycles. The van der Waals surface area contributed by atoms with Gasteiger partial charge in [0.05, 0.1) is 13.2 Å². The van der Waals surface area contributed by atoms with Gasteiger partial charge in [0.25, 0.3) is 0 Å². The van der Waals surface area contributed by atoms with Gasteiger partial charge in [-0.05, 0) is 55.7 Å². The lowest BCUT2D eigenvalue weighted by Crippen LogP contribution is -2.49. The van der Waals surface area contributed by atoms with E-state index in [0.717, 1.165) is 25.8 Å². The second-order valence-corrected chi connectivity index (χ2v) is 7.65. The highest BCUT2D eigenvalue weighted by Gasteiger charge is 2.47. The van der Waals surface area contributed by atoms with E-state index in [-0.39, 0.29) is 11.4 Å². The maximum atomic E-state index is 11.8. The molecule has 4 nitrogen and oxygen atoms in total. The van der Waals surface area contributed by atoms with Gasteiger partial charge in [0.1, 0.15) is 0 Å². The Morgan fingerprint density at radius 1 is 1.36 bits per heavy atom. The molecule has 134 valence electrons. The quantitative estimate of drug-likeness (QED) is 0.848. The van der Waals surface area contributed by atoms with Crippen molar-refractivity contribution in [2.24, 2.45) is 5.41 Å². The average Bonchev–Trinajstić information content (AvgIpc) is 3.04. The van der Waals surface area contributed by atoms with Gasteiger partial charge in [-0.25, -0.2) is 0 Å². The van der Waals surface area contributed by atoms with Crippen LogP contribution in [0.2, 0.25) is 0 Å². The first-order valence-electron chi connectivity index (χ1n) is 9.59. The standard InChI is InChI=1S/C21H28N2O2/c1-3-21(12-9-18(24)25-2)11-6-13-23-14-10-16-15-7-4-5-8-17(15)22-19(16)20(21)23/h4-5,7-8,20,22H,3,6,9-14H2,1-2H3/t20-,21+/m1/s1. The number of hydrogen-bond acceptors (Lipinski definition) is 3. The Hall–Kier alpha value is -1.81. The number of nitrogens with one attached hydrogen (secondary N) is 1. The fraction of sp³-hybridized carbons (Fsp3) is 0.571. The summed E-state index contributed by atoms with van der Waals surface area (Å²) in [4.78, 5) is 18.2. The van der Waals surface area contributed by atoms with Crippen LogP contribution in [0.15, 0.2) is 24.3 Å². The highest BCUT2D eigenvalue weighted by Crippen LogP contribution is 2.53. The smallest absolute Gasteiger partial charge is 0.305 e. The Morgan fingerprint density at radius 2 is 2.20 bits per heavy atom. The van der Waals surface area contributed by atoms with Crippen LogP contribution in [0.3, 0.4) is 0 Å². The van der Waals surface area contributed by atoms with Gasteiger partial charge in [-0.1, -0.05) is 25.1 Å². The van der Waals surface area contributed by atoms with Gasteiger partial charge in [-0.2, -0.15) is 0 Å². The fourth-order valence-corrected chi connectivity index (χ4v) is 5.26. The van der Waals surface area contributed by atoms with Crippen molar-refractivity contribution in [2.45, 2.75) is 51.5 Å². The predicted octanol–water partition coefficient (Wildman–Crippen LogP) is 4.21. The number of esters is 1. The first kappa shape index (κ1) is 16.6. The Bertz CT molecular complexity index is 781. The Kier molecular flexibility index (Phi) is 4.32. The first-order chi connectivity index (χ1) is 12.2. The van der Waals surface area contributed by atoms with Crippen LogP contribution in [-0.2, 0) is 16.0 Å². The summed E-state index contributed by atoms with van der Waals surface area (Å²) in [7, 11) is 1.49. The second-order valence-electron chi connectivity index (χ2n) is 7.65. The van der Waals surface area contributed by atoms with E-state index in [1.54, 1.807) is 0 Å². The third-order valence-corrected chi connectivity index (χ3v) is 6.59. The number of carbonyl (C=O) groups excluding carboxylic acids is 1. The molecule has 4 rings (SSSR count). The molecule has 0 saturated carbocycles. The van der Waals surface area contributed by atoms with E-state index in [2.05, 4.69) is 41.1 Å². The summed E-state index contributed by atoms with van der Waals surface area (Å²) >= 11 is 0. The number of H-pyrrole nitrogens is 1. The summed E-state index contributed by atoms with van der Waals surface area (Å²) in [6, 6.07) is 9.06. The first-order valence-corrected chi connectivity index (χ1v) is 9.59. The summed E-state index contributed by atoms with van der Waals surface area (Å²) in [6.45, 7) is 4.58. The SMILES string of the molecule is CC[C@@]1(CCC(=O)OC)CCCN2CCc3c([nH]c4ccccc34)[C@@H]21. The van der Waals surface area contributed by atoms with Crippen molar-refractivity contribution < 1.29 is 9.53 Å². The van der Waals surface area contributed by atoms with Crippen LogP contribution in [0.1, 0.15) is 56.3 Å². The van der Waals surface area contributed by atoms with Crippen molar-refractivity contribution in [3.8, 4) is 0 Å². The van der Waals surface area contributed by atoms with Gasteiger partial charge < -0.3 is 9.72 Å². The van der Waals surface area contributed by atoms with Crippen molar-refractivity contribution in [1.29, 1.82) is 0 Å². The highest BCUT2D eigenvalue weighted by atomic mass is 16.5. The molecule has 2 aliphatic rings. The van der Waals surface area contributed by atoms with Crippen molar-refractivity contribution in [2.75, 3.05) is 20.2 Å². The Morgan fingerprint density at radius 3 is 3.00 bits per heavy atom. The molecule has 25 heavy (non-hydrogen) atoms. The molecule has 1 N–H and O–H groups in total. The lowest BCUT2D eigenvalue weighted by Gasteiger charge is -2.52. The minimum Gasteiger partial charge on any atom is -0.469 e. The van der Waals surface area contributed by atoms with E-state index in [9.17, 15) is 4.79 Å². The normalized spacial score (nSPS) is 26.2. The molecule has 3 heterocycles. The Balaban J connectivity index is 1.77. The summed E-state index contributed by atoms with van der Waals surface area (Å²) in [5.41, 5.74) is 4.30. The number of benzene rings is 1. The van der Waals surface area contributed by atoms with Crippen molar-refractivity contribution in [3.05, 3.63) is 35.5 Å². The third kappa shape index (κ3) is 2.67. The molecular weight excluding hydrogens is 312 g/mol. The van der Waals surface area contributed by atoms with Crippen LogP contribution in [0.5, 0.6) is 0 Å². The predicted molar refractivity (Wildman–Crippen MR) is 99.5 cm³/mol. The van der Waals surface area contributed by atoms with E-state index in [4.69, 9.17) is 4.74 Å². The van der Waals surface area contributed by atoms with E-state index in [1.807, 2.05) is 0 Å². The van der Waals surface area contributed by atoms with Crippen LogP contribution in [0, 0.1) is 5.41 Å². The molecule has 0 unspecified atom stereocenters. The number of aromatic amines is 1. The molecule has 1 saturated heterocycles. The summed E-state index contributed by atoms with van der Waals surface area (Å²) < 4.78 is 4.92. The number of para-hydroxylation sites is 1. The van der Waals surface area contributed by atoms with Crippen molar-refractivity contribution >= 4 is 16.9 Å². The van der Waals surface area contributed by atoms with Crippen molar-refractivity contribution in [1.82, 2.24) is 9.88 Å². The fourth-order valence-electron chi connectivity index (χ4n) is 5.26. The summed E-state index contributed by atoms with van der Waals surface area (Å²) in [5.74, 6) is -0.0855. The average molecular weight is 340 g/mol. The number of nitrogens with zero attached hydrogens (tertiary/aromatic N) is 1. The van der Waals surface area contributed by atoms with E-state index < -0.39 is 0 Å². The zero-order valence-electron chi connectivity index (χ0n) is 15.3. The molecule has 0 aliphatic carbocycles. The minimum absolute atomic E-state index is 0.0855. The molecule has 0 radical (unpaired) electrons. The number of hydrogen-bond donors (Lipinski definition) is 1. The van der Waals surface area contributed by atoms with Crippen LogP contribution >= 0.6 is 0 Å². The van der Waals surface area contributed by atoms with Gasteiger partial charge in [-0.15, -0.1) is 0 Å². The van der Waals surface area contributed by atoms with Gasteiger partial charge in [0, 0.05) is 29.6 Å². The molecule has 2 aromatic rings. The number of piperidine rings is 1. The number of methoxy groups -OCH3 is 1.